The van der Waals surface area contributed by atoms with Gasteiger partial charge in [0.1, 0.15) is 6.29 Å². The lowest BCUT2D eigenvalue weighted by atomic mass is 10.3. The molecule has 0 unspecified atom stereocenters. The van der Waals surface area contributed by atoms with E-state index >= 15 is 0 Å². The molecule has 1 rings (SSSR count). The third-order valence-electron chi connectivity index (χ3n) is 3.27. The van der Waals surface area contributed by atoms with E-state index in [0.717, 1.165) is 6.42 Å². The van der Waals surface area contributed by atoms with Crippen molar-refractivity contribution in [2.75, 3.05) is 39.5 Å². The molecule has 1 aliphatic heterocycles. The highest BCUT2D eigenvalue weighted by molar-refractivity contribution is 6.12. The minimum atomic E-state index is -0.255. The van der Waals surface area contributed by atoms with Crippen LogP contribution in [-0.2, 0) is 28.7 Å². The lowest BCUT2D eigenvalue weighted by Gasteiger charge is -2.13. The van der Waals surface area contributed by atoms with E-state index in [-0.39, 0.29) is 24.3 Å². The minimum Gasteiger partial charge on any atom is -0.379 e. The van der Waals surface area contributed by atoms with Crippen LogP contribution in [0.1, 0.15) is 25.7 Å². The van der Waals surface area contributed by atoms with Crippen molar-refractivity contribution in [1.82, 2.24) is 10.2 Å². The van der Waals surface area contributed by atoms with Crippen molar-refractivity contribution in [3.05, 3.63) is 12.2 Å². The van der Waals surface area contributed by atoms with Crippen molar-refractivity contribution in [2.45, 2.75) is 25.7 Å². The predicted molar refractivity (Wildman–Crippen MR) is 85.0 cm³/mol. The first kappa shape index (κ1) is 20.0. The van der Waals surface area contributed by atoms with Crippen molar-refractivity contribution >= 4 is 24.0 Å². The number of carbonyl (C=O) groups excluding carboxylic acids is 4. The number of amides is 3. The number of nitrogens with zero attached hydrogens (tertiary/aromatic N) is 1. The fourth-order valence-corrected chi connectivity index (χ4v) is 2.03. The summed E-state index contributed by atoms with van der Waals surface area (Å²) in [7, 11) is 0. The number of unbranched alkanes of at least 4 members (excludes halogenated alkanes) is 1. The third-order valence-corrected chi connectivity index (χ3v) is 3.27. The molecule has 0 radical (unpaired) electrons. The van der Waals surface area contributed by atoms with Gasteiger partial charge in [0.2, 0.25) is 5.91 Å². The number of imide groups is 1. The van der Waals surface area contributed by atoms with Crippen molar-refractivity contribution < 1.29 is 28.7 Å². The molecule has 0 aromatic heterocycles. The molecule has 0 atom stereocenters. The summed E-state index contributed by atoms with van der Waals surface area (Å²) in [5.41, 5.74) is 0. The lowest BCUT2D eigenvalue weighted by Crippen LogP contribution is -2.31. The summed E-state index contributed by atoms with van der Waals surface area (Å²) in [5.74, 6) is -0.671. The zero-order valence-corrected chi connectivity index (χ0v) is 13.7. The predicted octanol–water partition coefficient (Wildman–Crippen LogP) is -0.180. The number of carbonyl (C=O) groups is 4. The lowest BCUT2D eigenvalue weighted by molar-refractivity contribution is -0.136. The van der Waals surface area contributed by atoms with Gasteiger partial charge in [-0.2, -0.15) is 0 Å². The Morgan fingerprint density at radius 3 is 2.25 bits per heavy atom. The number of hydrogen-bond acceptors (Lipinski definition) is 6. The molecule has 0 aromatic rings. The smallest absolute Gasteiger partial charge is 0.253 e. The van der Waals surface area contributed by atoms with Crippen molar-refractivity contribution in [3.8, 4) is 0 Å². The van der Waals surface area contributed by atoms with Gasteiger partial charge in [0.05, 0.1) is 19.8 Å². The highest BCUT2D eigenvalue weighted by Crippen LogP contribution is 2.05. The quantitative estimate of drug-likeness (QED) is 0.267. The van der Waals surface area contributed by atoms with Crippen LogP contribution in [-0.4, -0.2) is 68.4 Å². The van der Waals surface area contributed by atoms with E-state index in [9.17, 15) is 19.2 Å². The second-order valence-corrected chi connectivity index (χ2v) is 5.17. The van der Waals surface area contributed by atoms with Crippen LogP contribution in [0.25, 0.3) is 0 Å². The van der Waals surface area contributed by atoms with Crippen LogP contribution in [0.3, 0.4) is 0 Å². The second-order valence-electron chi connectivity index (χ2n) is 5.17. The Hall–Kier alpha value is -2.06. The SMILES string of the molecule is O=CCNC(=O)CCCOCCOCCCCN1C(=O)C=CC1=O. The van der Waals surface area contributed by atoms with E-state index < -0.39 is 0 Å². The highest BCUT2D eigenvalue weighted by atomic mass is 16.5. The number of rotatable bonds is 14. The van der Waals surface area contributed by atoms with Gasteiger partial charge in [-0.1, -0.05) is 0 Å². The number of aldehydes is 1. The van der Waals surface area contributed by atoms with Crippen molar-refractivity contribution in [3.63, 3.8) is 0 Å². The van der Waals surface area contributed by atoms with Gasteiger partial charge in [-0.25, -0.2) is 0 Å². The molecule has 8 heteroatoms. The van der Waals surface area contributed by atoms with Gasteiger partial charge in [-0.05, 0) is 19.3 Å². The molecule has 3 amide bonds. The van der Waals surface area contributed by atoms with Gasteiger partial charge in [0, 0.05) is 38.3 Å². The van der Waals surface area contributed by atoms with Crippen LogP contribution >= 0.6 is 0 Å². The molecule has 0 fully saturated rings. The monoisotopic (exact) mass is 340 g/mol. The molecule has 0 aliphatic carbocycles. The standard InChI is InChI=1S/C16H24N2O6/c19-9-7-17-14(20)4-3-11-24-13-12-23-10-2-1-8-18-15(21)5-6-16(18)22/h5-6,9H,1-4,7-8,10-13H2,(H,17,20). The molecule has 1 N–H and O–H groups in total. The number of hydrogen-bond donors (Lipinski definition) is 1. The van der Waals surface area contributed by atoms with Crippen LogP contribution < -0.4 is 5.32 Å². The Balaban J connectivity index is 1.82. The summed E-state index contributed by atoms with van der Waals surface area (Å²) in [6.07, 6.45) is 5.59. The van der Waals surface area contributed by atoms with Crippen LogP contribution in [0, 0.1) is 0 Å². The fraction of sp³-hybridized carbons (Fsp3) is 0.625. The largest absolute Gasteiger partial charge is 0.379 e. The molecule has 24 heavy (non-hydrogen) atoms. The van der Waals surface area contributed by atoms with Crippen LogP contribution in [0.15, 0.2) is 12.2 Å². The molecule has 0 saturated heterocycles. The first-order valence-electron chi connectivity index (χ1n) is 8.04. The fourth-order valence-electron chi connectivity index (χ4n) is 2.03. The Kier molecular flexibility index (Phi) is 10.3. The van der Waals surface area contributed by atoms with Crippen LogP contribution in [0.2, 0.25) is 0 Å². The average Bonchev–Trinajstić information content (AvgIpc) is 2.89. The minimum absolute atomic E-state index is 0.0458. The summed E-state index contributed by atoms with van der Waals surface area (Å²) in [6.45, 7) is 2.37. The Labute approximate surface area is 141 Å². The van der Waals surface area contributed by atoms with E-state index in [1.807, 2.05) is 0 Å². The first-order chi connectivity index (χ1) is 11.6. The zero-order chi connectivity index (χ0) is 17.6. The van der Waals surface area contributed by atoms with Crippen molar-refractivity contribution in [2.24, 2.45) is 0 Å². The van der Waals surface area contributed by atoms with E-state index in [0.29, 0.717) is 58.5 Å². The maximum absolute atomic E-state index is 11.3. The van der Waals surface area contributed by atoms with Gasteiger partial charge in [-0.15, -0.1) is 0 Å². The molecule has 0 bridgehead atoms. The molecule has 0 aromatic carbocycles. The van der Waals surface area contributed by atoms with E-state index in [4.69, 9.17) is 9.47 Å². The maximum atomic E-state index is 11.3. The maximum Gasteiger partial charge on any atom is 0.253 e. The number of ether oxygens (including phenoxy) is 2. The molecule has 134 valence electrons. The van der Waals surface area contributed by atoms with Gasteiger partial charge in [-0.3, -0.25) is 19.3 Å². The zero-order valence-electron chi connectivity index (χ0n) is 13.7. The van der Waals surface area contributed by atoms with E-state index in [2.05, 4.69) is 5.32 Å². The summed E-state index contributed by atoms with van der Waals surface area (Å²) < 4.78 is 10.7. The van der Waals surface area contributed by atoms with Gasteiger partial charge in [0.15, 0.2) is 0 Å². The molecule has 1 heterocycles. The molecule has 0 saturated carbocycles. The van der Waals surface area contributed by atoms with E-state index in [1.54, 1.807) is 0 Å². The first-order valence-corrected chi connectivity index (χ1v) is 8.04. The highest BCUT2D eigenvalue weighted by Gasteiger charge is 2.22. The Morgan fingerprint density at radius 1 is 1.00 bits per heavy atom. The van der Waals surface area contributed by atoms with Gasteiger partial charge >= 0.3 is 0 Å². The summed E-state index contributed by atoms with van der Waals surface area (Å²) in [6, 6.07) is 0. The molecule has 1 aliphatic rings. The molecular formula is C16H24N2O6. The third kappa shape index (κ3) is 8.54. The molecule has 0 spiro atoms. The summed E-state index contributed by atoms with van der Waals surface area (Å²) in [5, 5.41) is 2.45. The molecule has 8 nitrogen and oxygen atoms in total. The molecular weight excluding hydrogens is 316 g/mol. The summed E-state index contributed by atoms with van der Waals surface area (Å²) >= 11 is 0. The van der Waals surface area contributed by atoms with Crippen molar-refractivity contribution in [1.29, 1.82) is 0 Å². The topological polar surface area (TPSA) is 102 Å². The van der Waals surface area contributed by atoms with Crippen LogP contribution in [0.4, 0.5) is 0 Å². The Morgan fingerprint density at radius 2 is 1.62 bits per heavy atom. The van der Waals surface area contributed by atoms with E-state index in [1.165, 1.54) is 17.1 Å². The Bertz CT molecular complexity index is 445. The average molecular weight is 340 g/mol. The van der Waals surface area contributed by atoms with Crippen LogP contribution in [0.5, 0.6) is 0 Å². The van der Waals surface area contributed by atoms with Gasteiger partial charge < -0.3 is 19.6 Å². The second kappa shape index (κ2) is 12.4. The summed E-state index contributed by atoms with van der Waals surface area (Å²) in [4.78, 5) is 45.0. The number of nitrogens with one attached hydrogen (secondary N) is 1. The van der Waals surface area contributed by atoms with Gasteiger partial charge in [0.25, 0.3) is 11.8 Å². The normalized spacial score (nSPS) is 13.6.